The Morgan fingerprint density at radius 1 is 1.20 bits per heavy atom. The number of para-hydroxylation sites is 1. The molecule has 2 unspecified atom stereocenters. The van der Waals surface area contributed by atoms with E-state index >= 15 is 0 Å². The molecule has 1 heterocycles. The first-order chi connectivity index (χ1) is 9.68. The van der Waals surface area contributed by atoms with E-state index in [-0.39, 0.29) is 5.56 Å². The Labute approximate surface area is 119 Å². The molecule has 3 N–H and O–H groups in total. The first-order valence-electron chi connectivity index (χ1n) is 7.57. The first-order valence-corrected chi connectivity index (χ1v) is 7.57. The van der Waals surface area contributed by atoms with E-state index in [9.17, 15) is 9.90 Å². The van der Waals surface area contributed by atoms with Crippen molar-refractivity contribution in [2.75, 3.05) is 17.2 Å². The Morgan fingerprint density at radius 3 is 2.75 bits per heavy atom. The third-order valence-corrected chi connectivity index (χ3v) is 4.87. The monoisotopic (exact) mass is 274 g/mol. The number of nitrogens with zero attached hydrogens (tertiary/aromatic N) is 1. The normalized spacial score (nSPS) is 26.1. The van der Waals surface area contributed by atoms with Crippen molar-refractivity contribution in [3.8, 4) is 0 Å². The molecule has 4 heteroatoms. The van der Waals surface area contributed by atoms with Crippen LogP contribution in [0.5, 0.6) is 0 Å². The maximum absolute atomic E-state index is 11.2. The minimum Gasteiger partial charge on any atom is -0.478 e. The number of piperidine rings is 1. The Balaban J connectivity index is 1.95. The Kier molecular flexibility index (Phi) is 3.55. The average molecular weight is 274 g/mol. The minimum absolute atomic E-state index is 0.223. The number of benzene rings is 1. The number of hydrogen-bond acceptors (Lipinski definition) is 3. The van der Waals surface area contributed by atoms with Crippen molar-refractivity contribution in [2.24, 2.45) is 5.92 Å². The second-order valence-corrected chi connectivity index (χ2v) is 5.99. The fourth-order valence-electron chi connectivity index (χ4n) is 3.91. The maximum Gasteiger partial charge on any atom is 0.337 e. The van der Waals surface area contributed by atoms with Crippen molar-refractivity contribution in [3.63, 3.8) is 0 Å². The molecule has 4 nitrogen and oxygen atoms in total. The molecule has 0 radical (unpaired) electrons. The van der Waals surface area contributed by atoms with E-state index in [1.165, 1.54) is 38.5 Å². The van der Waals surface area contributed by atoms with E-state index in [0.717, 1.165) is 18.2 Å². The molecule has 1 aromatic rings. The van der Waals surface area contributed by atoms with Crippen molar-refractivity contribution in [1.82, 2.24) is 0 Å². The van der Waals surface area contributed by atoms with E-state index in [2.05, 4.69) is 4.90 Å². The molecule has 2 fully saturated rings. The Morgan fingerprint density at radius 2 is 1.95 bits per heavy atom. The lowest BCUT2D eigenvalue weighted by Gasteiger charge is -2.45. The first kappa shape index (κ1) is 13.3. The zero-order valence-electron chi connectivity index (χ0n) is 11.7. The third kappa shape index (κ3) is 2.23. The van der Waals surface area contributed by atoms with Gasteiger partial charge in [-0.1, -0.05) is 18.9 Å². The largest absolute Gasteiger partial charge is 0.478 e. The molecule has 20 heavy (non-hydrogen) atoms. The Bertz CT molecular complexity index is 513. The van der Waals surface area contributed by atoms with Gasteiger partial charge in [-0.05, 0) is 43.7 Å². The van der Waals surface area contributed by atoms with Gasteiger partial charge in [-0.2, -0.15) is 0 Å². The number of carbonyl (C=O) groups is 1. The van der Waals surface area contributed by atoms with Gasteiger partial charge in [0.25, 0.3) is 0 Å². The van der Waals surface area contributed by atoms with E-state index in [0.29, 0.717) is 11.7 Å². The fraction of sp³-hybridized carbons (Fsp3) is 0.562. The number of carboxylic acids is 1. The van der Waals surface area contributed by atoms with Crippen LogP contribution in [0.1, 0.15) is 48.9 Å². The quantitative estimate of drug-likeness (QED) is 0.813. The Hall–Kier alpha value is -1.71. The second-order valence-electron chi connectivity index (χ2n) is 5.99. The summed E-state index contributed by atoms with van der Waals surface area (Å²) in [6, 6.07) is 5.91. The van der Waals surface area contributed by atoms with Gasteiger partial charge in [0.1, 0.15) is 0 Å². The van der Waals surface area contributed by atoms with E-state index in [1.807, 2.05) is 12.1 Å². The molecular formula is C16H22N2O2. The SMILES string of the molecule is Nc1c(C(=O)O)cccc1N1CCCC2CCCCC21. The van der Waals surface area contributed by atoms with Crippen LogP contribution in [0.3, 0.4) is 0 Å². The predicted octanol–water partition coefficient (Wildman–Crippen LogP) is 3.13. The molecular weight excluding hydrogens is 252 g/mol. The molecule has 0 bridgehead atoms. The maximum atomic E-state index is 11.2. The standard InChI is InChI=1S/C16H22N2O2/c17-15-12(16(19)20)7-3-9-14(15)18-10-4-6-11-5-1-2-8-13(11)18/h3,7,9,11,13H,1-2,4-6,8,10,17H2,(H,19,20). The highest BCUT2D eigenvalue weighted by atomic mass is 16.4. The van der Waals surface area contributed by atoms with Crippen molar-refractivity contribution in [2.45, 2.75) is 44.6 Å². The van der Waals surface area contributed by atoms with E-state index in [1.54, 1.807) is 6.07 Å². The molecule has 0 spiro atoms. The van der Waals surface area contributed by atoms with Crippen LogP contribution in [0.4, 0.5) is 11.4 Å². The molecule has 1 aliphatic carbocycles. The van der Waals surface area contributed by atoms with Gasteiger partial charge in [0, 0.05) is 12.6 Å². The van der Waals surface area contributed by atoms with Gasteiger partial charge in [-0.25, -0.2) is 4.79 Å². The molecule has 1 saturated heterocycles. The summed E-state index contributed by atoms with van der Waals surface area (Å²) in [5.41, 5.74) is 7.68. The van der Waals surface area contributed by atoms with E-state index in [4.69, 9.17) is 5.73 Å². The van der Waals surface area contributed by atoms with E-state index < -0.39 is 5.97 Å². The van der Waals surface area contributed by atoms with Crippen LogP contribution in [0.15, 0.2) is 18.2 Å². The van der Waals surface area contributed by atoms with Gasteiger partial charge in [0.05, 0.1) is 16.9 Å². The number of nitrogens with two attached hydrogens (primary N) is 1. The van der Waals surface area contributed by atoms with Crippen LogP contribution in [0.2, 0.25) is 0 Å². The lowest BCUT2D eigenvalue weighted by Crippen LogP contribution is -2.47. The number of aromatic carboxylic acids is 1. The van der Waals surface area contributed by atoms with Gasteiger partial charge in [-0.15, -0.1) is 0 Å². The topological polar surface area (TPSA) is 66.6 Å². The molecule has 0 aromatic heterocycles. The number of anilines is 2. The smallest absolute Gasteiger partial charge is 0.337 e. The summed E-state index contributed by atoms with van der Waals surface area (Å²) in [5.74, 6) is -0.188. The van der Waals surface area contributed by atoms with Crippen LogP contribution in [0, 0.1) is 5.92 Å². The number of hydrogen-bond donors (Lipinski definition) is 2. The molecule has 1 aromatic carbocycles. The molecule has 0 amide bonds. The number of carboxylic acid groups (broad SMARTS) is 1. The molecule has 2 atom stereocenters. The summed E-state index contributed by atoms with van der Waals surface area (Å²) in [6.45, 7) is 0.994. The average Bonchev–Trinajstić information content (AvgIpc) is 2.47. The highest BCUT2D eigenvalue weighted by Crippen LogP contribution is 2.40. The molecule has 3 rings (SSSR count). The summed E-state index contributed by atoms with van der Waals surface area (Å²) in [5, 5.41) is 9.22. The summed E-state index contributed by atoms with van der Waals surface area (Å²) in [4.78, 5) is 13.6. The summed E-state index contributed by atoms with van der Waals surface area (Å²) in [7, 11) is 0. The lowest BCUT2D eigenvalue weighted by molar-refractivity contribution is 0.0698. The number of nitrogen functional groups attached to an aromatic ring is 1. The van der Waals surface area contributed by atoms with Crippen molar-refractivity contribution in [1.29, 1.82) is 0 Å². The summed E-state index contributed by atoms with van der Waals surface area (Å²) < 4.78 is 0. The predicted molar refractivity (Wildman–Crippen MR) is 80.1 cm³/mol. The van der Waals surface area contributed by atoms with Gasteiger partial charge < -0.3 is 15.7 Å². The van der Waals surface area contributed by atoms with Crippen LogP contribution in [0.25, 0.3) is 0 Å². The van der Waals surface area contributed by atoms with Gasteiger partial charge in [0.2, 0.25) is 0 Å². The van der Waals surface area contributed by atoms with Crippen molar-refractivity contribution >= 4 is 17.3 Å². The van der Waals surface area contributed by atoms with Gasteiger partial charge >= 0.3 is 5.97 Å². The van der Waals surface area contributed by atoms with Crippen LogP contribution in [-0.4, -0.2) is 23.7 Å². The zero-order valence-corrected chi connectivity index (χ0v) is 11.7. The van der Waals surface area contributed by atoms with Gasteiger partial charge in [-0.3, -0.25) is 0 Å². The third-order valence-electron chi connectivity index (χ3n) is 4.87. The number of fused-ring (bicyclic) bond motifs is 1. The summed E-state index contributed by atoms with van der Waals surface area (Å²) >= 11 is 0. The van der Waals surface area contributed by atoms with Crippen LogP contribution >= 0.6 is 0 Å². The molecule has 1 aliphatic heterocycles. The molecule has 1 saturated carbocycles. The molecule has 2 aliphatic rings. The zero-order chi connectivity index (χ0) is 14.1. The highest BCUT2D eigenvalue weighted by molar-refractivity contribution is 5.97. The lowest BCUT2D eigenvalue weighted by atomic mass is 9.78. The minimum atomic E-state index is -0.943. The van der Waals surface area contributed by atoms with Crippen molar-refractivity contribution < 1.29 is 9.90 Å². The number of rotatable bonds is 2. The highest BCUT2D eigenvalue weighted by Gasteiger charge is 2.34. The van der Waals surface area contributed by atoms with Crippen LogP contribution < -0.4 is 10.6 Å². The second kappa shape index (κ2) is 5.35. The fourth-order valence-corrected chi connectivity index (χ4v) is 3.91. The molecule has 108 valence electrons. The van der Waals surface area contributed by atoms with Gasteiger partial charge in [0.15, 0.2) is 0 Å². The van der Waals surface area contributed by atoms with Crippen molar-refractivity contribution in [3.05, 3.63) is 23.8 Å². The van der Waals surface area contributed by atoms with Crippen LogP contribution in [-0.2, 0) is 0 Å². The summed E-state index contributed by atoms with van der Waals surface area (Å²) in [6.07, 6.45) is 7.61.